The lowest BCUT2D eigenvalue weighted by Gasteiger charge is -2.32. The van der Waals surface area contributed by atoms with Crippen molar-refractivity contribution in [3.8, 4) is 0 Å². The first kappa shape index (κ1) is 15.8. The predicted octanol–water partition coefficient (Wildman–Crippen LogP) is 2.00. The topological polar surface area (TPSA) is 39.7 Å². The van der Waals surface area contributed by atoms with Crippen LogP contribution in [-0.4, -0.2) is 44.6 Å². The fourth-order valence-corrected chi connectivity index (χ4v) is 2.82. The summed E-state index contributed by atoms with van der Waals surface area (Å²) in [5.41, 5.74) is 2.76. The summed E-state index contributed by atoms with van der Waals surface area (Å²) < 4.78 is 0. The third-order valence-corrected chi connectivity index (χ3v) is 4.25. The van der Waals surface area contributed by atoms with Crippen LogP contribution in [0.15, 0.2) is 29.3 Å². The van der Waals surface area contributed by atoms with Crippen molar-refractivity contribution < 1.29 is 0 Å². The molecule has 2 N–H and O–H groups in total. The van der Waals surface area contributed by atoms with E-state index in [2.05, 4.69) is 51.7 Å². The highest BCUT2D eigenvalue weighted by atomic mass is 15.2. The van der Waals surface area contributed by atoms with Crippen molar-refractivity contribution in [3.63, 3.8) is 0 Å². The lowest BCUT2D eigenvalue weighted by atomic mass is 9.96. The van der Waals surface area contributed by atoms with Crippen molar-refractivity contribution in [1.29, 1.82) is 0 Å². The van der Waals surface area contributed by atoms with E-state index >= 15 is 0 Å². The summed E-state index contributed by atoms with van der Waals surface area (Å²) in [5, 5.41) is 6.45. The summed E-state index contributed by atoms with van der Waals surface area (Å²) in [6.07, 6.45) is 2.53. The third-order valence-electron chi connectivity index (χ3n) is 4.25. The standard InChI is InChI=1S/C17H28N4/c1-14-4-6-16(7-5-14)13-21-10-8-15(9-11-21)12-20-17(18-2)19-3/h4-7,15H,8-13H2,1-3H3,(H2,18,19,20). The maximum absolute atomic E-state index is 4.15. The van der Waals surface area contributed by atoms with Crippen LogP contribution in [0.2, 0.25) is 0 Å². The molecule has 4 heteroatoms. The highest BCUT2D eigenvalue weighted by Gasteiger charge is 2.19. The molecule has 0 aromatic heterocycles. The first-order chi connectivity index (χ1) is 10.2. The van der Waals surface area contributed by atoms with E-state index in [0.717, 1.165) is 25.0 Å². The monoisotopic (exact) mass is 288 g/mol. The van der Waals surface area contributed by atoms with Crippen molar-refractivity contribution in [2.75, 3.05) is 33.7 Å². The number of guanidine groups is 1. The Morgan fingerprint density at radius 2 is 1.90 bits per heavy atom. The lowest BCUT2D eigenvalue weighted by Crippen LogP contribution is -2.41. The summed E-state index contributed by atoms with van der Waals surface area (Å²) in [5.74, 6) is 1.64. The van der Waals surface area contributed by atoms with Crippen LogP contribution in [0.25, 0.3) is 0 Å². The highest BCUT2D eigenvalue weighted by Crippen LogP contribution is 2.18. The Balaban J connectivity index is 1.72. The number of nitrogens with one attached hydrogen (secondary N) is 2. The van der Waals surface area contributed by atoms with Gasteiger partial charge in [0.25, 0.3) is 0 Å². The number of piperidine rings is 1. The van der Waals surface area contributed by atoms with Gasteiger partial charge in [0, 0.05) is 27.2 Å². The van der Waals surface area contributed by atoms with Crippen molar-refractivity contribution in [1.82, 2.24) is 15.5 Å². The molecule has 1 aromatic rings. The largest absolute Gasteiger partial charge is 0.359 e. The molecule has 0 spiro atoms. The van der Waals surface area contributed by atoms with Gasteiger partial charge in [-0.25, -0.2) is 0 Å². The molecule has 1 fully saturated rings. The quantitative estimate of drug-likeness (QED) is 0.657. The van der Waals surface area contributed by atoms with Gasteiger partial charge < -0.3 is 10.6 Å². The SMILES string of the molecule is CN=C(NC)NCC1CCN(Cc2ccc(C)cc2)CC1. The van der Waals surface area contributed by atoms with E-state index in [9.17, 15) is 0 Å². The number of aliphatic imine (C=N–C) groups is 1. The zero-order valence-corrected chi connectivity index (χ0v) is 13.5. The summed E-state index contributed by atoms with van der Waals surface area (Å²) >= 11 is 0. The molecule has 0 saturated carbocycles. The van der Waals surface area contributed by atoms with Crippen molar-refractivity contribution in [3.05, 3.63) is 35.4 Å². The average Bonchev–Trinajstić information content (AvgIpc) is 2.52. The predicted molar refractivity (Wildman–Crippen MR) is 89.6 cm³/mol. The second-order valence-electron chi connectivity index (χ2n) is 5.91. The molecule has 4 nitrogen and oxygen atoms in total. The minimum absolute atomic E-state index is 0.754. The summed E-state index contributed by atoms with van der Waals surface area (Å²) in [6.45, 7) is 6.63. The van der Waals surface area contributed by atoms with E-state index in [0.29, 0.717) is 0 Å². The molecule has 1 aliphatic heterocycles. The number of benzene rings is 1. The van der Waals surface area contributed by atoms with E-state index in [1.807, 2.05) is 14.1 Å². The smallest absolute Gasteiger partial charge is 0.190 e. The van der Waals surface area contributed by atoms with E-state index in [1.165, 1.54) is 37.1 Å². The third kappa shape index (κ3) is 5.05. The van der Waals surface area contributed by atoms with E-state index in [4.69, 9.17) is 0 Å². The van der Waals surface area contributed by atoms with Gasteiger partial charge in [0.15, 0.2) is 5.96 Å². The highest BCUT2D eigenvalue weighted by molar-refractivity contribution is 5.79. The molecule has 1 saturated heterocycles. The molecule has 116 valence electrons. The fraction of sp³-hybridized carbons (Fsp3) is 0.588. The Labute approximate surface area is 128 Å². The molecule has 0 amide bonds. The van der Waals surface area contributed by atoms with Crippen LogP contribution in [-0.2, 0) is 6.54 Å². The minimum Gasteiger partial charge on any atom is -0.359 e. The van der Waals surface area contributed by atoms with Gasteiger partial charge in [-0.1, -0.05) is 29.8 Å². The van der Waals surface area contributed by atoms with Gasteiger partial charge in [0.05, 0.1) is 0 Å². The lowest BCUT2D eigenvalue weighted by molar-refractivity contribution is 0.178. The number of hydrogen-bond donors (Lipinski definition) is 2. The van der Waals surface area contributed by atoms with Crippen LogP contribution in [0.3, 0.4) is 0 Å². The van der Waals surface area contributed by atoms with Crippen LogP contribution in [0.1, 0.15) is 24.0 Å². The molecule has 21 heavy (non-hydrogen) atoms. The molecule has 0 aliphatic carbocycles. The van der Waals surface area contributed by atoms with Gasteiger partial charge in [-0.05, 0) is 44.3 Å². The second kappa shape index (κ2) is 8.03. The molecule has 0 radical (unpaired) electrons. The molecule has 1 aromatic carbocycles. The minimum atomic E-state index is 0.754. The molecule has 2 rings (SSSR count). The van der Waals surface area contributed by atoms with Gasteiger partial charge in [0.1, 0.15) is 0 Å². The Kier molecular flexibility index (Phi) is 6.05. The number of rotatable bonds is 4. The molecular weight excluding hydrogens is 260 g/mol. The first-order valence-corrected chi connectivity index (χ1v) is 7.87. The maximum Gasteiger partial charge on any atom is 0.190 e. The normalized spacial score (nSPS) is 17.8. The number of nitrogens with zero attached hydrogens (tertiary/aromatic N) is 2. The van der Waals surface area contributed by atoms with E-state index < -0.39 is 0 Å². The summed E-state index contributed by atoms with van der Waals surface area (Å²) in [4.78, 5) is 6.72. The van der Waals surface area contributed by atoms with Gasteiger partial charge in [-0.15, -0.1) is 0 Å². The van der Waals surface area contributed by atoms with Crippen LogP contribution >= 0.6 is 0 Å². The van der Waals surface area contributed by atoms with Gasteiger partial charge >= 0.3 is 0 Å². The van der Waals surface area contributed by atoms with Gasteiger partial charge in [0.2, 0.25) is 0 Å². The number of likely N-dealkylation sites (tertiary alicyclic amines) is 1. The summed E-state index contributed by atoms with van der Waals surface area (Å²) in [7, 11) is 3.71. The van der Waals surface area contributed by atoms with Crippen molar-refractivity contribution >= 4 is 5.96 Å². The summed E-state index contributed by atoms with van der Waals surface area (Å²) in [6, 6.07) is 8.91. The first-order valence-electron chi connectivity index (χ1n) is 7.87. The molecule has 0 atom stereocenters. The van der Waals surface area contributed by atoms with E-state index in [1.54, 1.807) is 0 Å². The molecule has 0 unspecified atom stereocenters. The second-order valence-corrected chi connectivity index (χ2v) is 5.91. The Bertz CT molecular complexity index is 444. The molecule has 0 bridgehead atoms. The fourth-order valence-electron chi connectivity index (χ4n) is 2.82. The van der Waals surface area contributed by atoms with Crippen LogP contribution in [0.5, 0.6) is 0 Å². The maximum atomic E-state index is 4.15. The van der Waals surface area contributed by atoms with Gasteiger partial charge in [-0.2, -0.15) is 0 Å². The Morgan fingerprint density at radius 1 is 1.24 bits per heavy atom. The van der Waals surface area contributed by atoms with Crippen LogP contribution in [0.4, 0.5) is 0 Å². The zero-order chi connectivity index (χ0) is 15.1. The van der Waals surface area contributed by atoms with Crippen LogP contribution < -0.4 is 10.6 Å². The number of hydrogen-bond acceptors (Lipinski definition) is 2. The number of aryl methyl sites for hydroxylation is 1. The Hall–Kier alpha value is -1.55. The van der Waals surface area contributed by atoms with E-state index in [-0.39, 0.29) is 0 Å². The van der Waals surface area contributed by atoms with Gasteiger partial charge in [-0.3, -0.25) is 9.89 Å². The average molecular weight is 288 g/mol. The molecule has 1 aliphatic rings. The molecular formula is C17H28N4. The molecule has 1 heterocycles. The van der Waals surface area contributed by atoms with Crippen LogP contribution in [0, 0.1) is 12.8 Å². The zero-order valence-electron chi connectivity index (χ0n) is 13.5. The Morgan fingerprint density at radius 3 is 2.48 bits per heavy atom. The van der Waals surface area contributed by atoms with Crippen molar-refractivity contribution in [2.24, 2.45) is 10.9 Å². The van der Waals surface area contributed by atoms with Crippen molar-refractivity contribution in [2.45, 2.75) is 26.3 Å².